The number of hydrogen-bond acceptors (Lipinski definition) is 3. The first-order valence-electron chi connectivity index (χ1n) is 8.89. The van der Waals surface area contributed by atoms with Crippen LogP contribution in [0.1, 0.15) is 36.4 Å². The summed E-state index contributed by atoms with van der Waals surface area (Å²) in [6, 6.07) is 16.2. The van der Waals surface area contributed by atoms with Crippen LogP contribution in [0.5, 0.6) is 0 Å². The smallest absolute Gasteiger partial charge is 0.161 e. The molecule has 128 valence electrons. The number of Topliss-reactive ketones (excluding diaryl/α,β-unsaturated/α-hetero) is 1. The molecule has 0 radical (unpaired) electrons. The Labute approximate surface area is 160 Å². The van der Waals surface area contributed by atoms with Crippen LogP contribution in [0.4, 0.5) is 5.69 Å². The van der Waals surface area contributed by atoms with Crippen molar-refractivity contribution < 1.29 is 4.79 Å². The molecule has 1 aliphatic heterocycles. The molecule has 2 heterocycles. The third kappa shape index (κ3) is 2.32. The first kappa shape index (κ1) is 15.8. The number of allylic oxidation sites excluding steroid dienone is 1. The molecule has 0 spiro atoms. The Hall–Kier alpha value is -2.46. The Morgan fingerprint density at radius 3 is 2.81 bits per heavy atom. The summed E-state index contributed by atoms with van der Waals surface area (Å²) < 4.78 is 1.02. The third-order valence-electron chi connectivity index (χ3n) is 5.36. The zero-order valence-electron chi connectivity index (χ0n) is 14.1. The molecular formula is C22H17BrN2O. The summed E-state index contributed by atoms with van der Waals surface area (Å²) in [4.78, 5) is 17.4. The van der Waals surface area contributed by atoms with Gasteiger partial charge in [-0.2, -0.15) is 0 Å². The van der Waals surface area contributed by atoms with E-state index in [1.54, 1.807) is 0 Å². The highest BCUT2D eigenvalue weighted by atomic mass is 79.9. The topological polar surface area (TPSA) is 42.0 Å². The zero-order valence-corrected chi connectivity index (χ0v) is 15.7. The van der Waals surface area contributed by atoms with Crippen LogP contribution in [0.2, 0.25) is 0 Å². The normalized spacial score (nSPS) is 19.1. The highest BCUT2D eigenvalue weighted by Crippen LogP contribution is 2.48. The summed E-state index contributed by atoms with van der Waals surface area (Å²) in [6.07, 6.45) is 4.32. The lowest BCUT2D eigenvalue weighted by molar-refractivity contribution is -0.116. The predicted octanol–water partition coefficient (Wildman–Crippen LogP) is 5.67. The number of aromatic nitrogens is 1. The second-order valence-corrected chi connectivity index (χ2v) is 7.68. The average molecular weight is 405 g/mol. The van der Waals surface area contributed by atoms with Crippen molar-refractivity contribution in [2.24, 2.45) is 0 Å². The fourth-order valence-electron chi connectivity index (χ4n) is 4.20. The molecule has 26 heavy (non-hydrogen) atoms. The molecule has 1 N–H and O–H groups in total. The largest absolute Gasteiger partial charge is 0.373 e. The van der Waals surface area contributed by atoms with Gasteiger partial charge in [-0.05, 0) is 48.2 Å². The number of carbonyl (C=O) groups is 1. The van der Waals surface area contributed by atoms with Crippen LogP contribution in [0.25, 0.3) is 16.5 Å². The van der Waals surface area contributed by atoms with Gasteiger partial charge in [-0.1, -0.05) is 40.2 Å². The maximum atomic E-state index is 12.9. The summed E-state index contributed by atoms with van der Waals surface area (Å²) in [5.41, 5.74) is 6.43. The SMILES string of the molecule is O=C1CCCC2=C1[C@H](c1ccccc1Br)Nc1c2ccc2ncccc12. The van der Waals surface area contributed by atoms with E-state index in [2.05, 4.69) is 50.5 Å². The molecular weight excluding hydrogens is 388 g/mol. The van der Waals surface area contributed by atoms with E-state index < -0.39 is 0 Å². The van der Waals surface area contributed by atoms with E-state index in [1.165, 1.54) is 5.57 Å². The molecule has 3 aromatic rings. The Morgan fingerprint density at radius 1 is 1.04 bits per heavy atom. The van der Waals surface area contributed by atoms with E-state index in [-0.39, 0.29) is 11.8 Å². The molecule has 0 amide bonds. The first-order chi connectivity index (χ1) is 12.7. The Bertz CT molecular complexity index is 1090. The zero-order chi connectivity index (χ0) is 17.7. The fourth-order valence-corrected chi connectivity index (χ4v) is 4.71. The van der Waals surface area contributed by atoms with Gasteiger partial charge in [-0.15, -0.1) is 0 Å². The number of ketones is 1. The van der Waals surface area contributed by atoms with Crippen LogP contribution < -0.4 is 5.32 Å². The molecule has 0 bridgehead atoms. The van der Waals surface area contributed by atoms with Gasteiger partial charge in [0.1, 0.15) is 0 Å². The second kappa shape index (κ2) is 6.06. The number of fused-ring (bicyclic) bond motifs is 4. The van der Waals surface area contributed by atoms with Crippen LogP contribution in [-0.2, 0) is 4.79 Å². The van der Waals surface area contributed by atoms with Crippen LogP contribution in [0, 0.1) is 0 Å². The van der Waals surface area contributed by atoms with Gasteiger partial charge in [0.05, 0.1) is 17.2 Å². The molecule has 2 aliphatic rings. The molecule has 0 fully saturated rings. The minimum absolute atomic E-state index is 0.133. The lowest BCUT2D eigenvalue weighted by atomic mass is 9.77. The van der Waals surface area contributed by atoms with Gasteiger partial charge in [0, 0.05) is 33.6 Å². The van der Waals surface area contributed by atoms with E-state index in [0.717, 1.165) is 50.6 Å². The van der Waals surface area contributed by atoms with Gasteiger partial charge < -0.3 is 5.32 Å². The van der Waals surface area contributed by atoms with E-state index >= 15 is 0 Å². The molecule has 4 heteroatoms. The lowest BCUT2D eigenvalue weighted by Gasteiger charge is -2.35. The Kier molecular flexibility index (Phi) is 3.68. The molecule has 1 aliphatic carbocycles. The van der Waals surface area contributed by atoms with Crippen molar-refractivity contribution in [1.82, 2.24) is 4.98 Å². The number of nitrogens with zero attached hydrogens (tertiary/aromatic N) is 1. The Balaban J connectivity index is 1.81. The lowest BCUT2D eigenvalue weighted by Crippen LogP contribution is -2.27. The predicted molar refractivity (Wildman–Crippen MR) is 108 cm³/mol. The van der Waals surface area contributed by atoms with Crippen molar-refractivity contribution in [3.05, 3.63) is 75.9 Å². The summed E-state index contributed by atoms with van der Waals surface area (Å²) in [6.45, 7) is 0. The fraction of sp³-hybridized carbons (Fsp3) is 0.182. The van der Waals surface area contributed by atoms with E-state index in [9.17, 15) is 4.79 Å². The van der Waals surface area contributed by atoms with E-state index in [4.69, 9.17) is 0 Å². The summed E-state index contributed by atoms with van der Waals surface area (Å²) >= 11 is 3.67. The van der Waals surface area contributed by atoms with Crippen molar-refractivity contribution in [2.45, 2.75) is 25.3 Å². The molecule has 1 atom stereocenters. The summed E-state index contributed by atoms with van der Waals surface area (Å²) in [5, 5.41) is 4.78. The quantitative estimate of drug-likeness (QED) is 0.567. The number of nitrogens with one attached hydrogen (secondary N) is 1. The van der Waals surface area contributed by atoms with Gasteiger partial charge in [0.25, 0.3) is 0 Å². The minimum Gasteiger partial charge on any atom is -0.373 e. The van der Waals surface area contributed by atoms with Crippen molar-refractivity contribution in [1.29, 1.82) is 0 Å². The van der Waals surface area contributed by atoms with Crippen LogP contribution in [-0.4, -0.2) is 10.8 Å². The number of benzene rings is 2. The van der Waals surface area contributed by atoms with E-state index in [1.807, 2.05) is 30.5 Å². The number of carbonyl (C=O) groups excluding carboxylic acids is 1. The number of pyridine rings is 1. The number of halogens is 1. The monoisotopic (exact) mass is 404 g/mol. The van der Waals surface area contributed by atoms with E-state index in [0.29, 0.717) is 6.42 Å². The first-order valence-corrected chi connectivity index (χ1v) is 9.68. The van der Waals surface area contributed by atoms with Gasteiger partial charge in [0.2, 0.25) is 0 Å². The molecule has 0 unspecified atom stereocenters. The highest BCUT2D eigenvalue weighted by molar-refractivity contribution is 9.10. The van der Waals surface area contributed by atoms with Gasteiger partial charge in [0.15, 0.2) is 5.78 Å². The molecule has 3 nitrogen and oxygen atoms in total. The molecule has 2 aromatic carbocycles. The van der Waals surface area contributed by atoms with Gasteiger partial charge >= 0.3 is 0 Å². The van der Waals surface area contributed by atoms with Crippen molar-refractivity contribution in [2.75, 3.05) is 5.32 Å². The summed E-state index contributed by atoms with van der Waals surface area (Å²) in [5.74, 6) is 0.261. The average Bonchev–Trinajstić information content (AvgIpc) is 2.68. The molecule has 1 aromatic heterocycles. The van der Waals surface area contributed by atoms with Crippen LogP contribution >= 0.6 is 15.9 Å². The standard InChI is InChI=1S/C22H17BrN2O/c23-17-8-2-1-5-15(17)22-20-13(6-3-9-19(20)26)14-10-11-18-16(21(14)25-22)7-4-12-24-18/h1-2,4-5,7-8,10-12,22,25H,3,6,9H2/t22-/m0/s1. The highest BCUT2D eigenvalue weighted by Gasteiger charge is 2.35. The maximum absolute atomic E-state index is 12.9. The van der Waals surface area contributed by atoms with Gasteiger partial charge in [-0.25, -0.2) is 0 Å². The van der Waals surface area contributed by atoms with Crippen LogP contribution in [0.3, 0.4) is 0 Å². The van der Waals surface area contributed by atoms with Crippen molar-refractivity contribution >= 4 is 43.9 Å². The second-order valence-electron chi connectivity index (χ2n) is 6.83. The van der Waals surface area contributed by atoms with Crippen molar-refractivity contribution in [3.63, 3.8) is 0 Å². The number of rotatable bonds is 1. The number of hydrogen-bond donors (Lipinski definition) is 1. The van der Waals surface area contributed by atoms with Crippen LogP contribution in [0.15, 0.2) is 64.8 Å². The maximum Gasteiger partial charge on any atom is 0.161 e. The Morgan fingerprint density at radius 2 is 1.92 bits per heavy atom. The molecule has 0 saturated carbocycles. The number of anilines is 1. The molecule has 0 saturated heterocycles. The van der Waals surface area contributed by atoms with Gasteiger partial charge in [-0.3, -0.25) is 9.78 Å². The van der Waals surface area contributed by atoms with Crippen molar-refractivity contribution in [3.8, 4) is 0 Å². The minimum atomic E-state index is -0.133. The summed E-state index contributed by atoms with van der Waals surface area (Å²) in [7, 11) is 0. The third-order valence-corrected chi connectivity index (χ3v) is 6.08. The molecule has 5 rings (SSSR count).